The second kappa shape index (κ2) is 5.66. The van der Waals surface area contributed by atoms with Crippen molar-refractivity contribution in [2.45, 2.75) is 31.3 Å². The van der Waals surface area contributed by atoms with Crippen LogP contribution in [0.2, 0.25) is 0 Å². The topological polar surface area (TPSA) is 85.4 Å². The minimum absolute atomic E-state index is 0.134. The molecule has 1 aromatic heterocycles. The lowest BCUT2D eigenvalue weighted by Gasteiger charge is -2.31. The van der Waals surface area contributed by atoms with E-state index in [1.807, 2.05) is 0 Å². The molecule has 0 aliphatic heterocycles. The van der Waals surface area contributed by atoms with Crippen LogP contribution in [0.5, 0.6) is 0 Å². The van der Waals surface area contributed by atoms with E-state index in [1.165, 1.54) is 26.3 Å². The van der Waals surface area contributed by atoms with Gasteiger partial charge in [0, 0.05) is 6.20 Å². The molecule has 1 aromatic rings. The van der Waals surface area contributed by atoms with Crippen molar-refractivity contribution in [2.75, 3.05) is 7.11 Å². The van der Waals surface area contributed by atoms with Gasteiger partial charge in [0.2, 0.25) is 0 Å². The Morgan fingerprint density at radius 1 is 1.42 bits per heavy atom. The van der Waals surface area contributed by atoms with Gasteiger partial charge in [0.1, 0.15) is 5.54 Å². The maximum Gasteiger partial charge on any atom is 0.327 e. The Bertz CT molecular complexity index is 542. The van der Waals surface area contributed by atoms with E-state index in [2.05, 4.69) is 14.4 Å². The number of hydrogen-bond donors (Lipinski definition) is 1. The number of carbonyl (C=O) groups excluding carboxylic acids is 1. The van der Waals surface area contributed by atoms with Gasteiger partial charge in [-0.1, -0.05) is 19.9 Å². The van der Waals surface area contributed by atoms with Crippen LogP contribution < -0.4 is 4.72 Å². The molecular formula is C12H18N2O4S. The highest BCUT2D eigenvalue weighted by molar-refractivity contribution is 7.89. The van der Waals surface area contributed by atoms with E-state index in [-0.39, 0.29) is 10.9 Å². The Morgan fingerprint density at radius 3 is 2.47 bits per heavy atom. The van der Waals surface area contributed by atoms with Crippen molar-refractivity contribution in [3.8, 4) is 0 Å². The van der Waals surface area contributed by atoms with Gasteiger partial charge < -0.3 is 4.74 Å². The highest BCUT2D eigenvalue weighted by atomic mass is 32.2. The number of esters is 1. The molecule has 1 atom stereocenters. The van der Waals surface area contributed by atoms with Crippen molar-refractivity contribution in [1.29, 1.82) is 0 Å². The number of methoxy groups -OCH3 is 1. The number of carbonyl (C=O) groups is 1. The molecule has 0 bridgehead atoms. The first kappa shape index (κ1) is 15.6. The fraction of sp³-hybridized carbons (Fsp3) is 0.500. The normalized spacial score (nSPS) is 15.0. The van der Waals surface area contributed by atoms with Crippen molar-refractivity contribution < 1.29 is 17.9 Å². The van der Waals surface area contributed by atoms with Crippen LogP contribution in [0.25, 0.3) is 0 Å². The van der Waals surface area contributed by atoms with Gasteiger partial charge in [0.25, 0.3) is 10.0 Å². The molecule has 0 aromatic carbocycles. The number of ether oxygens (including phenoxy) is 1. The zero-order valence-electron chi connectivity index (χ0n) is 11.4. The van der Waals surface area contributed by atoms with Crippen LogP contribution in [0.1, 0.15) is 20.8 Å². The van der Waals surface area contributed by atoms with Crippen LogP contribution in [0.3, 0.4) is 0 Å². The molecule has 0 radical (unpaired) electrons. The maximum atomic E-state index is 12.2. The first-order valence-electron chi connectivity index (χ1n) is 5.77. The summed E-state index contributed by atoms with van der Waals surface area (Å²) in [6.07, 6.45) is 1.37. The zero-order chi connectivity index (χ0) is 14.7. The minimum atomic E-state index is -3.88. The zero-order valence-corrected chi connectivity index (χ0v) is 12.2. The average Bonchev–Trinajstić information content (AvgIpc) is 2.38. The standard InChI is InChI=1S/C12H18N2O4S/c1-9(2)12(3,11(15)18-4)14-19(16,17)10-7-5-6-8-13-10/h5-9,14H,1-4H3/t12-/m0/s1. The molecule has 1 N–H and O–H groups in total. The number of hydrogen-bond acceptors (Lipinski definition) is 5. The molecule has 0 unspecified atom stereocenters. The summed E-state index contributed by atoms with van der Waals surface area (Å²) in [5, 5.41) is -0.134. The Morgan fingerprint density at radius 2 is 2.05 bits per heavy atom. The molecule has 0 spiro atoms. The largest absolute Gasteiger partial charge is 0.468 e. The van der Waals surface area contributed by atoms with Gasteiger partial charge in [-0.25, -0.2) is 13.4 Å². The molecule has 0 amide bonds. The fourth-order valence-corrected chi connectivity index (χ4v) is 2.88. The van der Waals surface area contributed by atoms with Crippen molar-refractivity contribution in [2.24, 2.45) is 5.92 Å². The predicted molar refractivity (Wildman–Crippen MR) is 69.8 cm³/mol. The van der Waals surface area contributed by atoms with E-state index >= 15 is 0 Å². The van der Waals surface area contributed by atoms with E-state index in [9.17, 15) is 13.2 Å². The molecule has 106 valence electrons. The van der Waals surface area contributed by atoms with E-state index in [0.717, 1.165) is 0 Å². The number of aromatic nitrogens is 1. The van der Waals surface area contributed by atoms with Gasteiger partial charge in [-0.2, -0.15) is 4.72 Å². The molecule has 0 fully saturated rings. The van der Waals surface area contributed by atoms with E-state index in [1.54, 1.807) is 26.0 Å². The lowest BCUT2D eigenvalue weighted by molar-refractivity contribution is -0.148. The average molecular weight is 286 g/mol. The third-order valence-corrected chi connectivity index (χ3v) is 4.51. The first-order chi connectivity index (χ1) is 8.74. The van der Waals surface area contributed by atoms with Gasteiger partial charge in [-0.15, -0.1) is 0 Å². The van der Waals surface area contributed by atoms with Gasteiger partial charge >= 0.3 is 5.97 Å². The molecule has 0 aliphatic rings. The van der Waals surface area contributed by atoms with Crippen LogP contribution in [0.15, 0.2) is 29.4 Å². The Balaban J connectivity index is 3.14. The number of nitrogens with one attached hydrogen (secondary N) is 1. The fourth-order valence-electron chi connectivity index (χ4n) is 1.44. The number of pyridine rings is 1. The summed E-state index contributed by atoms with van der Waals surface area (Å²) >= 11 is 0. The van der Waals surface area contributed by atoms with Crippen LogP contribution in [-0.4, -0.2) is 32.0 Å². The molecule has 0 saturated heterocycles. The van der Waals surface area contributed by atoms with Crippen molar-refractivity contribution in [1.82, 2.24) is 9.71 Å². The summed E-state index contributed by atoms with van der Waals surface area (Å²) in [7, 11) is -2.66. The van der Waals surface area contributed by atoms with Gasteiger partial charge in [-0.3, -0.25) is 4.79 Å². The number of sulfonamides is 1. The number of rotatable bonds is 5. The van der Waals surface area contributed by atoms with E-state index in [0.29, 0.717) is 0 Å². The molecule has 0 aliphatic carbocycles. The van der Waals surface area contributed by atoms with Crippen molar-refractivity contribution in [3.05, 3.63) is 24.4 Å². The Hall–Kier alpha value is -1.47. The summed E-state index contributed by atoms with van der Waals surface area (Å²) in [5.74, 6) is -0.916. The Labute approximate surface area is 113 Å². The summed E-state index contributed by atoms with van der Waals surface area (Å²) in [4.78, 5) is 15.6. The molecule has 0 saturated carbocycles. The molecule has 1 rings (SSSR count). The second-order valence-electron chi connectivity index (χ2n) is 4.62. The maximum absolute atomic E-state index is 12.2. The number of nitrogens with zero attached hydrogens (tertiary/aromatic N) is 1. The Kier molecular flexibility index (Phi) is 4.65. The van der Waals surface area contributed by atoms with Crippen molar-refractivity contribution >= 4 is 16.0 Å². The van der Waals surface area contributed by atoms with E-state index in [4.69, 9.17) is 0 Å². The summed E-state index contributed by atoms with van der Waals surface area (Å²) in [6, 6.07) is 4.54. The summed E-state index contributed by atoms with van der Waals surface area (Å²) < 4.78 is 31.4. The highest BCUT2D eigenvalue weighted by Crippen LogP contribution is 2.21. The smallest absolute Gasteiger partial charge is 0.327 e. The van der Waals surface area contributed by atoms with Crippen LogP contribution in [0.4, 0.5) is 0 Å². The van der Waals surface area contributed by atoms with Crippen LogP contribution >= 0.6 is 0 Å². The second-order valence-corrected chi connectivity index (χ2v) is 6.25. The molecule has 1 heterocycles. The summed E-state index contributed by atoms with van der Waals surface area (Å²) in [6.45, 7) is 4.96. The lowest BCUT2D eigenvalue weighted by Crippen LogP contribution is -2.56. The SMILES string of the molecule is COC(=O)[C@@](C)(NS(=O)(=O)c1ccccn1)C(C)C. The van der Waals surface area contributed by atoms with Gasteiger partial charge in [0.05, 0.1) is 7.11 Å². The van der Waals surface area contributed by atoms with Gasteiger partial charge in [-0.05, 0) is 25.0 Å². The molecule has 6 nitrogen and oxygen atoms in total. The summed E-state index contributed by atoms with van der Waals surface area (Å²) in [5.41, 5.74) is -1.34. The minimum Gasteiger partial charge on any atom is -0.468 e. The van der Waals surface area contributed by atoms with Crippen molar-refractivity contribution in [3.63, 3.8) is 0 Å². The van der Waals surface area contributed by atoms with E-state index < -0.39 is 21.5 Å². The molecule has 19 heavy (non-hydrogen) atoms. The highest BCUT2D eigenvalue weighted by Gasteiger charge is 2.42. The van der Waals surface area contributed by atoms with Gasteiger partial charge in [0.15, 0.2) is 5.03 Å². The first-order valence-corrected chi connectivity index (χ1v) is 7.26. The molecule has 7 heteroatoms. The predicted octanol–water partition coefficient (Wildman–Crippen LogP) is 0.948. The van der Waals surface area contributed by atoms with Crippen LogP contribution in [0, 0.1) is 5.92 Å². The quantitative estimate of drug-likeness (QED) is 0.814. The van der Waals surface area contributed by atoms with Crippen LogP contribution in [-0.2, 0) is 19.6 Å². The third-order valence-electron chi connectivity index (χ3n) is 3.02. The third kappa shape index (κ3) is 3.30. The lowest BCUT2D eigenvalue weighted by atomic mass is 9.90. The molecular weight excluding hydrogens is 268 g/mol. The monoisotopic (exact) mass is 286 g/mol.